The molecule has 6 N–H and O–H groups in total. The molecule has 1 aromatic carbocycles. The number of rotatable bonds is 9. The molecule has 3 atom stereocenters. The minimum absolute atomic E-state index is 0.0625. The minimum atomic E-state index is -1.57. The fraction of sp³-hybridized carbons (Fsp3) is 0.722. The summed E-state index contributed by atoms with van der Waals surface area (Å²) < 4.78 is 0. The highest BCUT2D eigenvalue weighted by Crippen LogP contribution is 2.36. The summed E-state index contributed by atoms with van der Waals surface area (Å²) in [4.78, 5) is 40.3. The molecule has 0 amide bonds. The van der Waals surface area contributed by atoms with E-state index in [1.165, 1.54) is 0 Å². The monoisotopic (exact) mass is 408 g/mol. The van der Waals surface area contributed by atoms with Crippen molar-refractivity contribution in [2.24, 2.45) is 11.7 Å². The molecule has 0 saturated carbocycles. The Bertz CT molecular complexity index is 820. The van der Waals surface area contributed by atoms with Crippen LogP contribution in [0.1, 0.15) is 26.2 Å². The third kappa shape index (κ3) is 3.92. The van der Waals surface area contributed by atoms with Crippen LogP contribution >= 0.6 is 0 Å². The molecule has 2 aliphatic rings. The third-order valence-electron chi connectivity index (χ3n) is 6.31. The molecule has 1 unspecified atom stereocenters. The number of carboxylic acids is 1. The Kier molecular flexibility index (Phi) is 6.32. The number of hydrogen-bond acceptors (Lipinski definition) is 9. The zero-order chi connectivity index (χ0) is 21.3. The Morgan fingerprint density at radius 3 is 2.66 bits per heavy atom. The molecule has 2 heterocycles. The number of carbonyl (C=O) groups is 1. The van der Waals surface area contributed by atoms with Gasteiger partial charge in [-0.1, -0.05) is 6.42 Å². The Morgan fingerprint density at radius 2 is 2.10 bits per heavy atom. The quantitative estimate of drug-likeness (QED) is 0.227. The lowest BCUT2D eigenvalue weighted by Crippen LogP contribution is -2.55. The van der Waals surface area contributed by atoms with E-state index in [-0.39, 0.29) is 31.1 Å². The van der Waals surface area contributed by atoms with Crippen molar-refractivity contribution in [1.82, 2.24) is 5.32 Å². The van der Waals surface area contributed by atoms with E-state index in [1.807, 2.05) is 11.8 Å². The molecule has 2 aliphatic heterocycles. The van der Waals surface area contributed by atoms with Gasteiger partial charge in [0.25, 0.3) is 10.9 Å². The lowest BCUT2D eigenvalue weighted by atomic mass is 9.78. The normalized spacial score (nSPS) is 27.0. The van der Waals surface area contributed by atoms with Crippen LogP contribution in [0.25, 0.3) is 0 Å². The van der Waals surface area contributed by atoms with E-state index in [0.29, 0.717) is 25.1 Å². The van der Waals surface area contributed by atoms with Gasteiger partial charge in [0.15, 0.2) is 0 Å². The van der Waals surface area contributed by atoms with Crippen molar-refractivity contribution >= 4 is 24.5 Å². The van der Waals surface area contributed by atoms with Crippen LogP contribution < -0.4 is 31.7 Å². The van der Waals surface area contributed by atoms with E-state index in [2.05, 4.69) is 5.32 Å². The predicted molar refractivity (Wildman–Crippen MR) is 110 cm³/mol. The van der Waals surface area contributed by atoms with Gasteiger partial charge in [-0.2, -0.15) is 0 Å². The van der Waals surface area contributed by atoms with Crippen molar-refractivity contribution in [1.29, 1.82) is 0 Å². The highest BCUT2D eigenvalue weighted by Gasteiger charge is 2.51. The van der Waals surface area contributed by atoms with Gasteiger partial charge in [0.05, 0.1) is 0 Å². The van der Waals surface area contributed by atoms with Crippen LogP contribution in [0.15, 0.2) is 9.59 Å². The van der Waals surface area contributed by atoms with E-state index >= 15 is 0 Å². The van der Waals surface area contributed by atoms with E-state index in [1.54, 1.807) is 4.90 Å². The van der Waals surface area contributed by atoms with Crippen LogP contribution in [-0.2, 0) is 4.79 Å². The molecule has 160 valence electrons. The lowest BCUT2D eigenvalue weighted by Gasteiger charge is -2.34. The van der Waals surface area contributed by atoms with E-state index < -0.39 is 35.4 Å². The number of likely N-dealkylation sites (N-methyl/N-ethyl adjacent to an activating group) is 1. The zero-order valence-electron chi connectivity index (χ0n) is 16.6. The third-order valence-corrected chi connectivity index (χ3v) is 6.31. The second kappa shape index (κ2) is 8.43. The SMILES string of the molecule is CCN(c1c(N2C[C@H](CCCB(O)O)[C@](N)(C(=O)O)C2)c(=O)c1=O)C1CCNC1. The highest BCUT2D eigenvalue weighted by atomic mass is 16.4. The van der Waals surface area contributed by atoms with Crippen molar-refractivity contribution in [2.45, 2.75) is 44.1 Å². The summed E-state index contributed by atoms with van der Waals surface area (Å²) in [6.45, 7) is 4.25. The van der Waals surface area contributed by atoms with Crippen LogP contribution in [0.5, 0.6) is 0 Å². The summed E-state index contributed by atoms with van der Waals surface area (Å²) in [6.07, 6.45) is 1.77. The standard InChI is InChI=1S/C18H29BN4O6/c1-2-23(12-5-7-21-8-12)14-13(15(24)16(14)25)22-9-11(4-3-6-19(28)29)18(20,10-22)17(26)27/h11-12,21,28-29H,2-10,20H2,1H3,(H,26,27)/t11-,12?,18-/m0/s1. The van der Waals surface area contributed by atoms with Gasteiger partial charge in [-0.25, -0.2) is 0 Å². The summed E-state index contributed by atoms with van der Waals surface area (Å²) in [5, 5.41) is 31.1. The van der Waals surface area contributed by atoms with Gasteiger partial charge in [0, 0.05) is 38.1 Å². The summed E-state index contributed by atoms with van der Waals surface area (Å²) >= 11 is 0. The molecule has 0 aromatic heterocycles. The topological polar surface area (TPSA) is 156 Å². The average Bonchev–Trinajstić information content (AvgIpc) is 3.30. The van der Waals surface area contributed by atoms with Crippen molar-refractivity contribution in [3.8, 4) is 0 Å². The number of aliphatic carboxylic acids is 1. The van der Waals surface area contributed by atoms with Gasteiger partial charge in [-0.3, -0.25) is 14.4 Å². The van der Waals surface area contributed by atoms with E-state index in [9.17, 15) is 19.5 Å². The van der Waals surface area contributed by atoms with E-state index in [4.69, 9.17) is 15.8 Å². The summed E-state index contributed by atoms with van der Waals surface area (Å²) in [5.74, 6) is -1.64. The van der Waals surface area contributed by atoms with Crippen LogP contribution in [0.3, 0.4) is 0 Å². The molecule has 0 bridgehead atoms. The maximum Gasteiger partial charge on any atom is 0.451 e. The van der Waals surface area contributed by atoms with Gasteiger partial charge in [-0.05, 0) is 32.6 Å². The summed E-state index contributed by atoms with van der Waals surface area (Å²) in [5.41, 5.74) is 4.16. The molecule has 0 aliphatic carbocycles. The van der Waals surface area contributed by atoms with Crippen molar-refractivity contribution in [3.05, 3.63) is 20.4 Å². The van der Waals surface area contributed by atoms with Gasteiger partial charge < -0.3 is 36.0 Å². The largest absolute Gasteiger partial charge is 0.480 e. The molecule has 2 saturated heterocycles. The maximum absolute atomic E-state index is 12.4. The van der Waals surface area contributed by atoms with Crippen molar-refractivity contribution < 1.29 is 19.9 Å². The van der Waals surface area contributed by atoms with Gasteiger partial charge in [0.2, 0.25) is 0 Å². The number of carboxylic acid groups (broad SMARTS) is 1. The van der Waals surface area contributed by atoms with Crippen LogP contribution in [0, 0.1) is 5.92 Å². The highest BCUT2D eigenvalue weighted by molar-refractivity contribution is 6.40. The van der Waals surface area contributed by atoms with Crippen LogP contribution in [-0.4, -0.2) is 72.5 Å². The Labute approximate surface area is 169 Å². The molecular weight excluding hydrogens is 379 g/mol. The van der Waals surface area contributed by atoms with Gasteiger partial charge in [-0.15, -0.1) is 0 Å². The van der Waals surface area contributed by atoms with E-state index in [0.717, 1.165) is 19.5 Å². The van der Waals surface area contributed by atoms with Gasteiger partial charge >= 0.3 is 13.1 Å². The Hall–Kier alpha value is -1.95. The van der Waals surface area contributed by atoms with Crippen molar-refractivity contribution in [2.75, 3.05) is 42.5 Å². The Balaban J connectivity index is 1.85. The number of nitrogens with zero attached hydrogens (tertiary/aromatic N) is 2. The molecule has 29 heavy (non-hydrogen) atoms. The summed E-state index contributed by atoms with van der Waals surface area (Å²) in [6, 6.07) is 0.119. The van der Waals surface area contributed by atoms with Gasteiger partial charge in [0.1, 0.15) is 16.9 Å². The first-order chi connectivity index (χ1) is 13.7. The van der Waals surface area contributed by atoms with Crippen LogP contribution in [0.2, 0.25) is 6.32 Å². The zero-order valence-corrected chi connectivity index (χ0v) is 16.6. The smallest absolute Gasteiger partial charge is 0.451 e. The first kappa shape index (κ1) is 21.8. The van der Waals surface area contributed by atoms with Crippen molar-refractivity contribution in [3.63, 3.8) is 0 Å². The molecule has 11 heteroatoms. The molecule has 1 aromatic rings. The number of anilines is 2. The molecular formula is C18H29BN4O6. The second-order valence-corrected chi connectivity index (χ2v) is 8.12. The number of nitrogens with two attached hydrogens (primary N) is 1. The average molecular weight is 408 g/mol. The minimum Gasteiger partial charge on any atom is -0.480 e. The molecule has 2 fully saturated rings. The van der Waals surface area contributed by atoms with Crippen LogP contribution in [0.4, 0.5) is 11.4 Å². The first-order valence-corrected chi connectivity index (χ1v) is 10.1. The number of nitrogens with one attached hydrogen (secondary N) is 1. The molecule has 0 radical (unpaired) electrons. The first-order valence-electron chi connectivity index (χ1n) is 10.1. The summed E-state index contributed by atoms with van der Waals surface area (Å²) in [7, 11) is -1.46. The second-order valence-electron chi connectivity index (χ2n) is 8.12. The fourth-order valence-corrected chi connectivity index (χ4v) is 4.68. The molecule has 3 rings (SSSR count). The number of hydrogen-bond donors (Lipinski definition) is 5. The Morgan fingerprint density at radius 1 is 1.38 bits per heavy atom. The molecule has 0 spiro atoms. The predicted octanol–water partition coefficient (Wildman–Crippen LogP) is -2.06. The lowest BCUT2D eigenvalue weighted by molar-refractivity contribution is -0.144. The maximum atomic E-state index is 12.4. The fourth-order valence-electron chi connectivity index (χ4n) is 4.68. The molecule has 10 nitrogen and oxygen atoms in total.